The summed E-state index contributed by atoms with van der Waals surface area (Å²) in [5, 5.41) is 17.8. The third-order valence-corrected chi connectivity index (χ3v) is 5.67. The lowest BCUT2D eigenvalue weighted by Crippen LogP contribution is -2.49. The summed E-state index contributed by atoms with van der Waals surface area (Å²) in [5.74, 6) is 1.63. The van der Waals surface area contributed by atoms with Gasteiger partial charge in [0, 0.05) is 45.2 Å². The summed E-state index contributed by atoms with van der Waals surface area (Å²) in [6.45, 7) is 3.37. The van der Waals surface area contributed by atoms with Crippen LogP contribution in [0.5, 0.6) is 0 Å². The first-order valence-electron chi connectivity index (χ1n) is 10.7. The Hall–Kier alpha value is -3.89. The Bertz CT molecular complexity index is 1210. The predicted molar refractivity (Wildman–Crippen MR) is 118 cm³/mol. The number of carbonyl (C=O) groups is 1. The number of fused-ring (bicyclic) bond motifs is 1. The molecular formula is C21H24N10O. The summed E-state index contributed by atoms with van der Waals surface area (Å²) in [4.78, 5) is 27.1. The van der Waals surface area contributed by atoms with Crippen molar-refractivity contribution < 1.29 is 4.79 Å². The highest BCUT2D eigenvalue weighted by Crippen LogP contribution is 2.23. The molecule has 0 atom stereocenters. The number of rotatable bonds is 6. The number of piperazine rings is 1. The monoisotopic (exact) mass is 432 g/mol. The van der Waals surface area contributed by atoms with Gasteiger partial charge in [-0.15, -0.1) is 10.2 Å². The lowest BCUT2D eigenvalue weighted by molar-refractivity contribution is -0.131. The smallest absolute Gasteiger partial charge is 0.222 e. The molecule has 164 valence electrons. The van der Waals surface area contributed by atoms with Gasteiger partial charge in [-0.1, -0.05) is 30.3 Å². The number of anilines is 1. The molecular weight excluding hydrogens is 408 g/mol. The number of carbonyl (C=O) groups excluding carboxylic acids is 1. The number of tetrazole rings is 1. The zero-order valence-electron chi connectivity index (χ0n) is 17.9. The van der Waals surface area contributed by atoms with Gasteiger partial charge >= 0.3 is 0 Å². The molecule has 0 bridgehead atoms. The lowest BCUT2D eigenvalue weighted by Gasteiger charge is -2.35. The van der Waals surface area contributed by atoms with Crippen LogP contribution in [0.25, 0.3) is 22.4 Å². The van der Waals surface area contributed by atoms with E-state index >= 15 is 0 Å². The van der Waals surface area contributed by atoms with E-state index in [-0.39, 0.29) is 5.91 Å². The maximum Gasteiger partial charge on any atom is 0.222 e. The molecule has 1 fully saturated rings. The fraction of sp³-hybridized carbons (Fsp3) is 0.381. The molecule has 1 saturated heterocycles. The molecule has 0 unspecified atom stereocenters. The van der Waals surface area contributed by atoms with Gasteiger partial charge in [-0.2, -0.15) is 9.90 Å². The van der Waals surface area contributed by atoms with Crippen LogP contribution in [0.1, 0.15) is 12.8 Å². The predicted octanol–water partition coefficient (Wildman–Crippen LogP) is 1.15. The van der Waals surface area contributed by atoms with E-state index in [1.165, 1.54) is 0 Å². The van der Waals surface area contributed by atoms with Crippen molar-refractivity contribution in [3.8, 4) is 11.4 Å². The molecule has 32 heavy (non-hydrogen) atoms. The molecule has 0 aliphatic carbocycles. The van der Waals surface area contributed by atoms with Gasteiger partial charge in [-0.3, -0.25) is 9.48 Å². The van der Waals surface area contributed by atoms with Gasteiger partial charge in [0.1, 0.15) is 12.1 Å². The van der Waals surface area contributed by atoms with E-state index < -0.39 is 0 Å². The Balaban J connectivity index is 1.12. The van der Waals surface area contributed by atoms with E-state index in [4.69, 9.17) is 0 Å². The van der Waals surface area contributed by atoms with E-state index in [2.05, 4.69) is 35.4 Å². The molecule has 1 aliphatic heterocycles. The average molecular weight is 432 g/mol. The van der Waals surface area contributed by atoms with Gasteiger partial charge in [-0.05, 0) is 11.6 Å². The average Bonchev–Trinajstić information content (AvgIpc) is 3.47. The molecule has 4 aromatic rings. The Kier molecular flexibility index (Phi) is 5.44. The van der Waals surface area contributed by atoms with Crippen LogP contribution in [0.4, 0.5) is 5.82 Å². The summed E-state index contributed by atoms with van der Waals surface area (Å²) in [5.41, 5.74) is 1.74. The second-order valence-corrected chi connectivity index (χ2v) is 7.75. The van der Waals surface area contributed by atoms with E-state index in [1.54, 1.807) is 22.0 Å². The number of nitrogens with zero attached hydrogens (tertiary/aromatic N) is 10. The number of hydrogen-bond donors (Lipinski definition) is 0. The Morgan fingerprint density at radius 1 is 1.06 bits per heavy atom. The van der Waals surface area contributed by atoms with Gasteiger partial charge in [0.05, 0.1) is 18.1 Å². The number of aryl methyl sites for hydroxylation is 2. The van der Waals surface area contributed by atoms with Crippen LogP contribution in [0.2, 0.25) is 0 Å². The first-order chi connectivity index (χ1) is 15.7. The Labute approximate surface area is 184 Å². The normalized spacial score (nSPS) is 14.3. The van der Waals surface area contributed by atoms with E-state index in [9.17, 15) is 4.79 Å². The maximum atomic E-state index is 12.7. The molecule has 1 aromatic carbocycles. The van der Waals surface area contributed by atoms with Gasteiger partial charge in [0.2, 0.25) is 11.7 Å². The minimum Gasteiger partial charge on any atom is -0.352 e. The zero-order valence-corrected chi connectivity index (χ0v) is 17.9. The van der Waals surface area contributed by atoms with Gasteiger partial charge in [0.15, 0.2) is 5.65 Å². The van der Waals surface area contributed by atoms with Crippen molar-refractivity contribution in [3.63, 3.8) is 0 Å². The van der Waals surface area contributed by atoms with E-state index in [0.29, 0.717) is 38.3 Å². The molecule has 0 spiro atoms. The summed E-state index contributed by atoms with van der Waals surface area (Å²) in [6.07, 6.45) is 4.50. The molecule has 0 saturated carbocycles. The zero-order chi connectivity index (χ0) is 21.9. The first kappa shape index (κ1) is 20.0. The van der Waals surface area contributed by atoms with Crippen molar-refractivity contribution in [3.05, 3.63) is 42.9 Å². The molecule has 4 heterocycles. The van der Waals surface area contributed by atoms with Crippen molar-refractivity contribution >= 4 is 22.8 Å². The second-order valence-electron chi connectivity index (χ2n) is 7.75. The van der Waals surface area contributed by atoms with Crippen LogP contribution in [-0.4, -0.2) is 76.9 Å². The van der Waals surface area contributed by atoms with Crippen LogP contribution in [0.15, 0.2) is 42.9 Å². The summed E-state index contributed by atoms with van der Waals surface area (Å²) >= 11 is 0. The third-order valence-electron chi connectivity index (χ3n) is 5.67. The lowest BCUT2D eigenvalue weighted by atomic mass is 10.2. The van der Waals surface area contributed by atoms with Gasteiger partial charge in [-0.25, -0.2) is 9.97 Å². The molecule has 5 rings (SSSR count). The van der Waals surface area contributed by atoms with Crippen molar-refractivity contribution in [1.82, 2.24) is 44.9 Å². The molecule has 3 aromatic heterocycles. The van der Waals surface area contributed by atoms with Crippen LogP contribution < -0.4 is 4.90 Å². The topological polar surface area (TPSA) is 111 Å². The van der Waals surface area contributed by atoms with Crippen LogP contribution in [0, 0.1) is 0 Å². The molecule has 11 heteroatoms. The maximum absolute atomic E-state index is 12.7. The van der Waals surface area contributed by atoms with Gasteiger partial charge < -0.3 is 9.80 Å². The summed E-state index contributed by atoms with van der Waals surface area (Å²) in [7, 11) is 1.87. The fourth-order valence-electron chi connectivity index (χ4n) is 3.94. The Morgan fingerprint density at radius 2 is 1.88 bits per heavy atom. The Morgan fingerprint density at radius 3 is 2.69 bits per heavy atom. The number of hydrogen-bond acceptors (Lipinski definition) is 8. The highest BCUT2D eigenvalue weighted by molar-refractivity contribution is 5.86. The fourth-order valence-corrected chi connectivity index (χ4v) is 3.94. The molecule has 1 amide bonds. The minimum absolute atomic E-state index is 0.155. The van der Waals surface area contributed by atoms with Crippen molar-refractivity contribution in [2.24, 2.45) is 7.05 Å². The van der Waals surface area contributed by atoms with E-state index in [1.807, 2.05) is 42.3 Å². The van der Waals surface area contributed by atoms with Crippen molar-refractivity contribution in [2.45, 2.75) is 19.4 Å². The standard InChI is InChI=1S/C21H24N10O/c1-28-20-17(14-24-28)21(23-15-22-20)30-12-10-29(11-13-30)18(32)8-5-9-31-26-19(25-27-31)16-6-3-2-4-7-16/h2-4,6-7,14-15H,5,8-13H2,1H3. The first-order valence-corrected chi connectivity index (χ1v) is 10.7. The highest BCUT2D eigenvalue weighted by atomic mass is 16.2. The SMILES string of the molecule is Cn1ncc2c(N3CCN(C(=O)CCCn4nnc(-c5ccccc5)n4)CC3)ncnc21. The number of amides is 1. The second kappa shape index (κ2) is 8.69. The highest BCUT2D eigenvalue weighted by Gasteiger charge is 2.23. The molecule has 1 aliphatic rings. The third kappa shape index (κ3) is 4.01. The molecule has 0 radical (unpaired) electrons. The van der Waals surface area contributed by atoms with Crippen molar-refractivity contribution in [2.75, 3.05) is 31.1 Å². The summed E-state index contributed by atoms with van der Waals surface area (Å²) in [6, 6.07) is 9.74. The van der Waals surface area contributed by atoms with E-state index in [0.717, 1.165) is 35.5 Å². The summed E-state index contributed by atoms with van der Waals surface area (Å²) < 4.78 is 1.74. The number of benzene rings is 1. The van der Waals surface area contributed by atoms with Crippen molar-refractivity contribution in [1.29, 1.82) is 0 Å². The number of aromatic nitrogens is 8. The molecule has 11 nitrogen and oxygen atoms in total. The minimum atomic E-state index is 0.155. The largest absolute Gasteiger partial charge is 0.352 e. The van der Waals surface area contributed by atoms with Gasteiger partial charge in [0.25, 0.3) is 0 Å². The van der Waals surface area contributed by atoms with Crippen LogP contribution in [-0.2, 0) is 18.4 Å². The quantitative estimate of drug-likeness (QED) is 0.446. The molecule has 0 N–H and O–H groups in total. The van der Waals surface area contributed by atoms with Crippen LogP contribution >= 0.6 is 0 Å². The van der Waals surface area contributed by atoms with Crippen LogP contribution in [0.3, 0.4) is 0 Å².